The summed E-state index contributed by atoms with van der Waals surface area (Å²) < 4.78 is 7.93. The first kappa shape index (κ1) is 17.8. The molecule has 3 aromatic carbocycles. The van der Waals surface area contributed by atoms with Gasteiger partial charge in [-0.3, -0.25) is 4.79 Å². The van der Waals surface area contributed by atoms with Crippen molar-refractivity contribution in [3.05, 3.63) is 72.9 Å². The maximum Gasteiger partial charge on any atom is 0.262 e. The topological polar surface area (TPSA) is 56.1 Å². The number of thioether (sulfide) groups is 1. The van der Waals surface area contributed by atoms with E-state index in [4.69, 9.17) is 4.74 Å². The summed E-state index contributed by atoms with van der Waals surface area (Å²) in [6.07, 6.45) is 2.08. The van der Waals surface area contributed by atoms with Crippen LogP contribution in [0.3, 0.4) is 0 Å². The molecule has 0 unspecified atom stereocenters. The fourth-order valence-electron chi connectivity index (χ4n) is 3.43. The molecule has 1 amide bonds. The van der Waals surface area contributed by atoms with Gasteiger partial charge in [0.2, 0.25) is 0 Å². The smallest absolute Gasteiger partial charge is 0.262 e. The lowest BCUT2D eigenvalue weighted by Gasteiger charge is -2.10. The summed E-state index contributed by atoms with van der Waals surface area (Å²) in [7, 11) is 0. The van der Waals surface area contributed by atoms with E-state index in [2.05, 4.69) is 21.1 Å². The van der Waals surface area contributed by atoms with Gasteiger partial charge in [0, 0.05) is 35.1 Å². The molecule has 5 nitrogen and oxygen atoms in total. The molecular weight excluding hydrogens is 382 g/mol. The molecular formula is C23H19N3O2S. The minimum absolute atomic E-state index is 0.0409. The highest BCUT2D eigenvalue weighted by atomic mass is 32.2. The van der Waals surface area contributed by atoms with Crippen LogP contribution in [0.1, 0.15) is 0 Å². The molecule has 0 fully saturated rings. The summed E-state index contributed by atoms with van der Waals surface area (Å²) in [5.74, 6) is 1.61. The Morgan fingerprint density at radius 2 is 1.90 bits per heavy atom. The zero-order valence-corrected chi connectivity index (χ0v) is 16.5. The number of nitrogens with zero attached hydrogens (tertiary/aromatic N) is 2. The number of fused-ring (bicyclic) bond motifs is 2. The third-order valence-electron chi connectivity index (χ3n) is 4.88. The van der Waals surface area contributed by atoms with Crippen molar-refractivity contribution in [1.82, 2.24) is 9.55 Å². The number of nitrogens with one attached hydrogen (secondary N) is 1. The van der Waals surface area contributed by atoms with Gasteiger partial charge in [-0.05, 0) is 23.6 Å². The van der Waals surface area contributed by atoms with Crippen molar-refractivity contribution in [1.29, 1.82) is 0 Å². The van der Waals surface area contributed by atoms with E-state index >= 15 is 0 Å². The fraction of sp³-hybridized carbons (Fsp3) is 0.130. The second kappa shape index (κ2) is 7.64. The van der Waals surface area contributed by atoms with E-state index in [0.29, 0.717) is 5.75 Å². The Balaban J connectivity index is 1.22. The Morgan fingerprint density at radius 1 is 1.07 bits per heavy atom. The number of ether oxygens (including phenoxy) is 1. The van der Waals surface area contributed by atoms with Crippen LogP contribution in [0, 0.1) is 0 Å². The van der Waals surface area contributed by atoms with E-state index in [0.717, 1.165) is 45.2 Å². The molecule has 2 heterocycles. The maximum absolute atomic E-state index is 12.3. The Morgan fingerprint density at radius 3 is 2.76 bits per heavy atom. The number of aryl methyl sites for hydroxylation is 1. The second-order valence-electron chi connectivity index (χ2n) is 6.84. The number of hydrogen-bond acceptors (Lipinski definition) is 4. The number of amides is 1. The molecule has 0 saturated heterocycles. The van der Waals surface area contributed by atoms with Crippen LogP contribution in [0.5, 0.6) is 5.75 Å². The van der Waals surface area contributed by atoms with Crippen molar-refractivity contribution >= 4 is 34.1 Å². The predicted octanol–water partition coefficient (Wildman–Crippen LogP) is 4.83. The van der Waals surface area contributed by atoms with Gasteiger partial charge in [-0.1, -0.05) is 60.3 Å². The molecule has 5 rings (SSSR count). The van der Waals surface area contributed by atoms with Crippen LogP contribution in [0.25, 0.3) is 22.0 Å². The van der Waals surface area contributed by atoms with Crippen molar-refractivity contribution in [2.24, 2.45) is 0 Å². The van der Waals surface area contributed by atoms with Gasteiger partial charge in [0.25, 0.3) is 5.91 Å². The van der Waals surface area contributed by atoms with Crippen LogP contribution in [0.15, 0.2) is 78.1 Å². The highest BCUT2D eigenvalue weighted by Gasteiger charge is 2.15. The van der Waals surface area contributed by atoms with Crippen LogP contribution in [0.2, 0.25) is 0 Å². The van der Waals surface area contributed by atoms with E-state index in [1.165, 1.54) is 0 Å². The first-order valence-corrected chi connectivity index (χ1v) is 10.5. The number of carbonyl (C=O) groups is 1. The molecule has 0 bridgehead atoms. The summed E-state index contributed by atoms with van der Waals surface area (Å²) in [5.41, 5.74) is 2.74. The zero-order chi connectivity index (χ0) is 19.6. The van der Waals surface area contributed by atoms with Crippen molar-refractivity contribution in [3.8, 4) is 17.0 Å². The van der Waals surface area contributed by atoms with Gasteiger partial charge in [0.05, 0.1) is 5.69 Å². The molecule has 1 aromatic heterocycles. The van der Waals surface area contributed by atoms with Crippen LogP contribution in [0.4, 0.5) is 5.69 Å². The molecule has 1 N–H and O–H groups in total. The maximum atomic E-state index is 12.3. The summed E-state index contributed by atoms with van der Waals surface area (Å²) in [4.78, 5) is 17.0. The normalized spacial score (nSPS) is 12.7. The molecule has 0 spiro atoms. The molecule has 0 saturated carbocycles. The Hall–Kier alpha value is -3.25. The number of hydrogen-bond donors (Lipinski definition) is 1. The molecule has 1 aliphatic rings. The van der Waals surface area contributed by atoms with Gasteiger partial charge < -0.3 is 14.6 Å². The van der Waals surface area contributed by atoms with Gasteiger partial charge in [-0.15, -0.1) is 0 Å². The predicted molar refractivity (Wildman–Crippen MR) is 116 cm³/mol. The minimum Gasteiger partial charge on any atom is -0.483 e. The molecule has 0 aliphatic carbocycles. The second-order valence-corrected chi connectivity index (χ2v) is 7.90. The molecule has 6 heteroatoms. The van der Waals surface area contributed by atoms with E-state index in [1.54, 1.807) is 11.8 Å². The third-order valence-corrected chi connectivity index (χ3v) is 5.85. The number of anilines is 1. The summed E-state index contributed by atoms with van der Waals surface area (Å²) in [6.45, 7) is 0.971. The first-order chi connectivity index (χ1) is 14.3. The third kappa shape index (κ3) is 3.71. The van der Waals surface area contributed by atoms with Gasteiger partial charge in [-0.2, -0.15) is 0 Å². The Kier molecular flexibility index (Phi) is 4.69. The average Bonchev–Trinajstić information content (AvgIpc) is 3.35. The molecule has 0 atom stereocenters. The van der Waals surface area contributed by atoms with Crippen molar-refractivity contribution in [3.63, 3.8) is 0 Å². The lowest BCUT2D eigenvalue weighted by molar-refractivity contribution is -0.118. The molecule has 144 valence electrons. The largest absolute Gasteiger partial charge is 0.483 e. The fourth-order valence-corrected chi connectivity index (χ4v) is 4.38. The summed E-state index contributed by atoms with van der Waals surface area (Å²) >= 11 is 1.78. The first-order valence-electron chi connectivity index (χ1n) is 9.47. The number of aromatic nitrogens is 2. The van der Waals surface area contributed by atoms with Crippen molar-refractivity contribution in [2.45, 2.75) is 11.7 Å². The summed E-state index contributed by atoms with van der Waals surface area (Å²) in [6, 6.07) is 21.5. The van der Waals surface area contributed by atoms with E-state index < -0.39 is 0 Å². The van der Waals surface area contributed by atoms with Crippen LogP contribution in [-0.2, 0) is 11.3 Å². The van der Waals surface area contributed by atoms with Crippen molar-refractivity contribution < 1.29 is 9.53 Å². The van der Waals surface area contributed by atoms with Crippen molar-refractivity contribution in [2.75, 3.05) is 17.7 Å². The zero-order valence-electron chi connectivity index (χ0n) is 15.7. The Labute approximate surface area is 172 Å². The minimum atomic E-state index is -0.192. The quantitative estimate of drug-likeness (QED) is 0.521. The van der Waals surface area contributed by atoms with E-state index in [1.807, 2.05) is 66.7 Å². The SMILES string of the molecule is O=C(COc1cccc2ccccc12)Nc1ccc(-c2cn3c(n2)SCC3)cc1. The van der Waals surface area contributed by atoms with Crippen LogP contribution < -0.4 is 10.1 Å². The van der Waals surface area contributed by atoms with Crippen LogP contribution >= 0.6 is 11.8 Å². The van der Waals surface area contributed by atoms with Gasteiger partial charge >= 0.3 is 0 Å². The highest BCUT2D eigenvalue weighted by Crippen LogP contribution is 2.29. The molecule has 1 aliphatic heterocycles. The van der Waals surface area contributed by atoms with Crippen LogP contribution in [-0.4, -0.2) is 27.8 Å². The lowest BCUT2D eigenvalue weighted by Crippen LogP contribution is -2.20. The van der Waals surface area contributed by atoms with E-state index in [-0.39, 0.29) is 12.5 Å². The summed E-state index contributed by atoms with van der Waals surface area (Å²) in [5, 5.41) is 6.04. The Bertz CT molecular complexity index is 1160. The van der Waals surface area contributed by atoms with Gasteiger partial charge in [-0.25, -0.2) is 4.98 Å². The lowest BCUT2D eigenvalue weighted by atomic mass is 10.1. The number of carbonyl (C=O) groups excluding carboxylic acids is 1. The van der Waals surface area contributed by atoms with Gasteiger partial charge in [0.15, 0.2) is 11.8 Å². The highest BCUT2D eigenvalue weighted by molar-refractivity contribution is 7.99. The number of benzene rings is 3. The molecule has 29 heavy (non-hydrogen) atoms. The monoisotopic (exact) mass is 401 g/mol. The average molecular weight is 401 g/mol. The number of rotatable bonds is 5. The standard InChI is InChI=1S/C23H19N3O2S/c27-22(15-28-21-7-3-5-16-4-1-2-6-19(16)21)24-18-10-8-17(9-11-18)20-14-26-12-13-29-23(26)25-20/h1-11,14H,12-13,15H2,(H,24,27). The van der Waals surface area contributed by atoms with E-state index in [9.17, 15) is 4.79 Å². The molecule has 0 radical (unpaired) electrons. The van der Waals surface area contributed by atoms with Gasteiger partial charge in [0.1, 0.15) is 5.75 Å². The number of imidazole rings is 1. The molecule has 4 aromatic rings.